The Morgan fingerprint density at radius 1 is 1.19 bits per heavy atom. The van der Waals surface area contributed by atoms with Crippen molar-refractivity contribution in [1.29, 1.82) is 0 Å². The predicted octanol–water partition coefficient (Wildman–Crippen LogP) is 1.80. The van der Waals surface area contributed by atoms with E-state index in [0.717, 1.165) is 0 Å². The highest BCUT2D eigenvalue weighted by molar-refractivity contribution is 6.49. The average molecular weight is 226 g/mol. The van der Waals surface area contributed by atoms with Gasteiger partial charge in [-0.2, -0.15) is 0 Å². The van der Waals surface area contributed by atoms with Crippen LogP contribution in [0.5, 0.6) is 0 Å². The zero-order valence-corrected chi connectivity index (χ0v) is 10.5. The average Bonchev–Trinajstić information content (AvgIpc) is 2.68. The molecule has 1 saturated heterocycles. The summed E-state index contributed by atoms with van der Waals surface area (Å²) in [6, 6.07) is 0. The van der Waals surface area contributed by atoms with E-state index < -0.39 is 5.97 Å². The van der Waals surface area contributed by atoms with Crippen molar-refractivity contribution in [3.63, 3.8) is 0 Å². The van der Waals surface area contributed by atoms with Crippen LogP contribution in [0.4, 0.5) is 0 Å². The van der Waals surface area contributed by atoms with Gasteiger partial charge in [0, 0.05) is 5.82 Å². The standard InChI is InChI=1S/C11H19BO4/c1-6-7(9(13)14)8(6)12-15-10(2,3)11(4,5)16-12/h6-8H,1-5H3,(H,13,14)/t6-,7+,8+/m0/s1. The van der Waals surface area contributed by atoms with Crippen molar-refractivity contribution >= 4 is 13.1 Å². The number of carbonyl (C=O) groups is 1. The number of carboxylic acid groups (broad SMARTS) is 1. The molecule has 0 aromatic rings. The number of hydrogen-bond donors (Lipinski definition) is 1. The Labute approximate surface area is 96.5 Å². The third-order valence-electron chi connectivity index (χ3n) is 4.32. The first-order valence-corrected chi connectivity index (χ1v) is 5.76. The van der Waals surface area contributed by atoms with Gasteiger partial charge in [-0.25, -0.2) is 0 Å². The zero-order chi connectivity index (χ0) is 12.3. The second-order valence-corrected chi connectivity index (χ2v) is 5.93. The quantitative estimate of drug-likeness (QED) is 0.729. The highest BCUT2D eigenvalue weighted by Crippen LogP contribution is 2.57. The minimum absolute atomic E-state index is 0.00134. The molecular weight excluding hydrogens is 207 g/mol. The third-order valence-corrected chi connectivity index (χ3v) is 4.32. The van der Waals surface area contributed by atoms with Gasteiger partial charge in [0.15, 0.2) is 0 Å². The van der Waals surface area contributed by atoms with E-state index in [2.05, 4.69) is 0 Å². The molecule has 5 heteroatoms. The molecule has 0 aromatic carbocycles. The third kappa shape index (κ3) is 1.57. The molecular formula is C11H19BO4. The maximum Gasteiger partial charge on any atom is 0.462 e. The van der Waals surface area contributed by atoms with E-state index in [4.69, 9.17) is 14.4 Å². The lowest BCUT2D eigenvalue weighted by Gasteiger charge is -2.32. The Balaban J connectivity index is 2.09. The monoisotopic (exact) mass is 226 g/mol. The van der Waals surface area contributed by atoms with E-state index in [1.807, 2.05) is 34.6 Å². The molecule has 4 nitrogen and oxygen atoms in total. The highest BCUT2D eigenvalue weighted by Gasteiger charge is 2.65. The maximum atomic E-state index is 11.0. The maximum absolute atomic E-state index is 11.0. The van der Waals surface area contributed by atoms with Gasteiger partial charge in [0.05, 0.1) is 17.1 Å². The molecule has 2 rings (SSSR count). The van der Waals surface area contributed by atoms with Crippen LogP contribution in [-0.4, -0.2) is 29.4 Å². The van der Waals surface area contributed by atoms with Crippen LogP contribution in [0, 0.1) is 11.8 Å². The molecule has 0 spiro atoms. The van der Waals surface area contributed by atoms with Crippen molar-refractivity contribution < 1.29 is 19.2 Å². The first-order chi connectivity index (χ1) is 7.17. The molecule has 16 heavy (non-hydrogen) atoms. The van der Waals surface area contributed by atoms with E-state index in [9.17, 15) is 4.79 Å². The van der Waals surface area contributed by atoms with Crippen LogP contribution >= 0.6 is 0 Å². The predicted molar refractivity (Wildman–Crippen MR) is 60.1 cm³/mol. The van der Waals surface area contributed by atoms with Gasteiger partial charge >= 0.3 is 13.1 Å². The zero-order valence-electron chi connectivity index (χ0n) is 10.5. The molecule has 2 aliphatic rings. The van der Waals surface area contributed by atoms with Crippen molar-refractivity contribution in [3.8, 4) is 0 Å². The molecule has 0 aromatic heterocycles. The molecule has 2 fully saturated rings. The summed E-state index contributed by atoms with van der Waals surface area (Å²) < 4.78 is 11.7. The van der Waals surface area contributed by atoms with Crippen LogP contribution in [0.1, 0.15) is 34.6 Å². The Morgan fingerprint density at radius 3 is 1.94 bits per heavy atom. The molecule has 1 saturated carbocycles. The summed E-state index contributed by atoms with van der Waals surface area (Å²) in [4.78, 5) is 11.0. The lowest BCUT2D eigenvalue weighted by molar-refractivity contribution is -0.138. The number of hydrogen-bond acceptors (Lipinski definition) is 3. The fourth-order valence-corrected chi connectivity index (χ4v) is 2.35. The molecule has 1 aliphatic carbocycles. The van der Waals surface area contributed by atoms with Crippen molar-refractivity contribution in [3.05, 3.63) is 0 Å². The molecule has 1 N–H and O–H groups in total. The van der Waals surface area contributed by atoms with Crippen molar-refractivity contribution in [2.45, 2.75) is 51.6 Å². The summed E-state index contributed by atoms with van der Waals surface area (Å²) in [5.74, 6) is -0.910. The molecule has 90 valence electrons. The van der Waals surface area contributed by atoms with Crippen molar-refractivity contribution in [2.75, 3.05) is 0 Å². The van der Waals surface area contributed by atoms with Crippen molar-refractivity contribution in [1.82, 2.24) is 0 Å². The summed E-state index contributed by atoms with van der Waals surface area (Å²) in [5, 5.41) is 9.00. The minimum atomic E-state index is -0.743. The minimum Gasteiger partial charge on any atom is -0.481 e. The molecule has 0 unspecified atom stereocenters. The second kappa shape index (κ2) is 3.23. The van der Waals surface area contributed by atoms with Crippen LogP contribution in [0.15, 0.2) is 0 Å². The molecule has 1 aliphatic heterocycles. The van der Waals surface area contributed by atoms with E-state index in [1.165, 1.54) is 0 Å². The van der Waals surface area contributed by atoms with Gasteiger partial charge in [0.1, 0.15) is 0 Å². The lowest BCUT2D eigenvalue weighted by atomic mass is 9.79. The molecule has 3 atom stereocenters. The Morgan fingerprint density at radius 2 is 1.62 bits per heavy atom. The first kappa shape index (κ1) is 11.9. The second-order valence-electron chi connectivity index (χ2n) is 5.93. The highest BCUT2D eigenvalue weighted by atomic mass is 16.7. The van der Waals surface area contributed by atoms with Gasteiger partial charge in [-0.1, -0.05) is 6.92 Å². The van der Waals surface area contributed by atoms with Crippen LogP contribution in [0.2, 0.25) is 5.82 Å². The van der Waals surface area contributed by atoms with Crippen molar-refractivity contribution in [2.24, 2.45) is 11.8 Å². The first-order valence-electron chi connectivity index (χ1n) is 5.76. The van der Waals surface area contributed by atoms with Crippen LogP contribution in [0.25, 0.3) is 0 Å². The summed E-state index contributed by atoms with van der Waals surface area (Å²) in [6.07, 6.45) is 0. The van der Waals surface area contributed by atoms with Gasteiger partial charge in [0.25, 0.3) is 0 Å². The van der Waals surface area contributed by atoms with E-state index in [0.29, 0.717) is 0 Å². The van der Waals surface area contributed by atoms with Crippen LogP contribution < -0.4 is 0 Å². The molecule has 0 bridgehead atoms. The van der Waals surface area contributed by atoms with Crippen LogP contribution in [-0.2, 0) is 14.1 Å². The summed E-state index contributed by atoms with van der Waals surface area (Å²) in [5.41, 5.74) is -0.744. The van der Waals surface area contributed by atoms with E-state index in [1.54, 1.807) is 0 Å². The Kier molecular flexibility index (Phi) is 2.41. The van der Waals surface area contributed by atoms with Gasteiger partial charge in [-0.15, -0.1) is 0 Å². The fraction of sp³-hybridized carbons (Fsp3) is 0.909. The fourth-order valence-electron chi connectivity index (χ4n) is 2.35. The molecule has 0 radical (unpaired) electrons. The van der Waals surface area contributed by atoms with Gasteiger partial charge in [0.2, 0.25) is 0 Å². The normalized spacial score (nSPS) is 39.8. The number of rotatable bonds is 2. The Bertz CT molecular complexity index is 310. The topological polar surface area (TPSA) is 55.8 Å². The summed E-state index contributed by atoms with van der Waals surface area (Å²) >= 11 is 0. The number of carboxylic acids is 1. The van der Waals surface area contributed by atoms with Crippen LogP contribution in [0.3, 0.4) is 0 Å². The van der Waals surface area contributed by atoms with Gasteiger partial charge in [-0.05, 0) is 33.6 Å². The number of aliphatic carboxylic acids is 1. The Hall–Kier alpha value is -0.545. The smallest absolute Gasteiger partial charge is 0.462 e. The van der Waals surface area contributed by atoms with E-state index >= 15 is 0 Å². The summed E-state index contributed by atoms with van der Waals surface area (Å²) in [7, 11) is -0.374. The van der Waals surface area contributed by atoms with Gasteiger partial charge < -0.3 is 14.4 Å². The SMILES string of the molecule is C[C@@H]1[C@@H](B2OC(C)(C)C(C)(C)O2)[C@@H]1C(=O)O. The molecule has 1 heterocycles. The largest absolute Gasteiger partial charge is 0.481 e. The van der Waals surface area contributed by atoms with Gasteiger partial charge in [-0.3, -0.25) is 4.79 Å². The lowest BCUT2D eigenvalue weighted by Crippen LogP contribution is -2.41. The summed E-state index contributed by atoms with van der Waals surface area (Å²) in [6.45, 7) is 9.87. The molecule has 0 amide bonds. The van der Waals surface area contributed by atoms with E-state index in [-0.39, 0.29) is 36.0 Å².